The summed E-state index contributed by atoms with van der Waals surface area (Å²) in [6.45, 7) is 2.00. The Bertz CT molecular complexity index is 578. The first-order valence-electron chi connectivity index (χ1n) is 5.56. The predicted octanol–water partition coefficient (Wildman–Crippen LogP) is 3.25. The molecule has 2 aromatic heterocycles. The lowest BCUT2D eigenvalue weighted by molar-refractivity contribution is -0.141. The molecule has 0 aliphatic rings. The van der Waals surface area contributed by atoms with E-state index in [-0.39, 0.29) is 11.4 Å². The molecule has 2 heterocycles. The van der Waals surface area contributed by atoms with E-state index >= 15 is 0 Å². The minimum atomic E-state index is -4.44. The fourth-order valence-electron chi connectivity index (χ4n) is 1.62. The van der Waals surface area contributed by atoms with Gasteiger partial charge in [-0.15, -0.1) is 11.3 Å². The van der Waals surface area contributed by atoms with Crippen molar-refractivity contribution in [3.05, 3.63) is 34.5 Å². The molecule has 0 aromatic carbocycles. The van der Waals surface area contributed by atoms with Crippen LogP contribution < -0.4 is 5.32 Å². The Kier molecular flexibility index (Phi) is 3.86. The highest BCUT2D eigenvalue weighted by molar-refractivity contribution is 7.15. The molecule has 0 saturated heterocycles. The number of aryl methyl sites for hydroxylation is 1. The molecule has 0 saturated carbocycles. The molecule has 0 unspecified atom stereocenters. The van der Waals surface area contributed by atoms with E-state index in [4.69, 9.17) is 0 Å². The molecule has 0 spiro atoms. The molecule has 0 fully saturated rings. The summed E-state index contributed by atoms with van der Waals surface area (Å²) in [5.41, 5.74) is 0.576. The second-order valence-corrected chi connectivity index (χ2v) is 5.12. The highest BCUT2D eigenvalue weighted by Gasteiger charge is 2.37. The van der Waals surface area contributed by atoms with Crippen LogP contribution in [0.25, 0.3) is 10.7 Å². The number of aromatic nitrogens is 2. The summed E-state index contributed by atoms with van der Waals surface area (Å²) in [6, 6.07) is 3.51. The number of thiazole rings is 1. The Morgan fingerprint density at radius 3 is 2.68 bits per heavy atom. The maximum Gasteiger partial charge on any atom is 0.434 e. The van der Waals surface area contributed by atoms with Crippen LogP contribution in [0.5, 0.6) is 0 Å². The third kappa shape index (κ3) is 3.10. The first-order chi connectivity index (χ1) is 8.91. The molecule has 1 N–H and O–H groups in total. The quantitative estimate of drug-likeness (QED) is 0.941. The number of hydrogen-bond acceptors (Lipinski definition) is 4. The van der Waals surface area contributed by atoms with Crippen molar-refractivity contribution in [3.63, 3.8) is 0 Å². The van der Waals surface area contributed by atoms with Crippen molar-refractivity contribution in [3.8, 4) is 10.7 Å². The van der Waals surface area contributed by atoms with Gasteiger partial charge < -0.3 is 5.32 Å². The van der Waals surface area contributed by atoms with Gasteiger partial charge in [-0.2, -0.15) is 13.2 Å². The summed E-state index contributed by atoms with van der Waals surface area (Å²) in [6.07, 6.45) is -2.87. The molecule has 0 atom stereocenters. The molecule has 7 heteroatoms. The fraction of sp³-hybridized carbons (Fsp3) is 0.333. The van der Waals surface area contributed by atoms with Crippen LogP contribution in [0.4, 0.5) is 13.2 Å². The lowest BCUT2D eigenvalue weighted by Crippen LogP contribution is -2.12. The number of rotatable bonds is 3. The Balaban J connectivity index is 2.48. The largest absolute Gasteiger partial charge is 0.434 e. The van der Waals surface area contributed by atoms with Gasteiger partial charge in [-0.3, -0.25) is 4.98 Å². The third-order valence-electron chi connectivity index (χ3n) is 2.44. The van der Waals surface area contributed by atoms with E-state index in [0.29, 0.717) is 10.7 Å². The third-order valence-corrected chi connectivity index (χ3v) is 3.52. The summed E-state index contributed by atoms with van der Waals surface area (Å²) >= 11 is 1.02. The maximum absolute atomic E-state index is 12.9. The first-order valence-corrected chi connectivity index (χ1v) is 6.38. The van der Waals surface area contributed by atoms with Gasteiger partial charge in [-0.05, 0) is 31.7 Å². The topological polar surface area (TPSA) is 37.8 Å². The second kappa shape index (κ2) is 5.26. The number of halogens is 3. The normalized spacial score (nSPS) is 11.8. The lowest BCUT2D eigenvalue weighted by Gasteiger charge is -2.04. The van der Waals surface area contributed by atoms with Crippen molar-refractivity contribution in [2.24, 2.45) is 0 Å². The van der Waals surface area contributed by atoms with Gasteiger partial charge in [-0.25, -0.2) is 4.98 Å². The maximum atomic E-state index is 12.9. The molecule has 102 valence electrons. The van der Waals surface area contributed by atoms with Gasteiger partial charge in [0.25, 0.3) is 0 Å². The molecule has 2 aromatic rings. The molecule has 2 rings (SSSR count). The van der Waals surface area contributed by atoms with Crippen LogP contribution in [0, 0.1) is 6.92 Å². The smallest absolute Gasteiger partial charge is 0.315 e. The van der Waals surface area contributed by atoms with Crippen molar-refractivity contribution in [1.82, 2.24) is 15.3 Å². The van der Waals surface area contributed by atoms with Crippen molar-refractivity contribution in [1.29, 1.82) is 0 Å². The van der Waals surface area contributed by atoms with Crippen LogP contribution >= 0.6 is 11.3 Å². The zero-order chi connectivity index (χ0) is 14.0. The van der Waals surface area contributed by atoms with Crippen molar-refractivity contribution >= 4 is 11.3 Å². The lowest BCUT2D eigenvalue weighted by atomic mass is 10.2. The number of hydrogen-bond donors (Lipinski definition) is 1. The molecule has 3 nitrogen and oxygen atoms in total. The average Bonchev–Trinajstić information content (AvgIpc) is 2.73. The zero-order valence-electron chi connectivity index (χ0n) is 10.4. The summed E-state index contributed by atoms with van der Waals surface area (Å²) in [5, 5.41) is 3.02. The standard InChI is InChI=1S/C12H12F3N3S/c1-7-3-4-17-8(5-7)11-18-10(12(13,14)15)9(19-11)6-16-2/h3-5,16H,6H2,1-2H3. The van der Waals surface area contributed by atoms with Gasteiger partial charge in [0.15, 0.2) is 5.69 Å². The molecular weight excluding hydrogens is 275 g/mol. The Hall–Kier alpha value is -1.47. The van der Waals surface area contributed by atoms with Crippen LogP contribution in [0.2, 0.25) is 0 Å². The predicted molar refractivity (Wildman–Crippen MR) is 67.8 cm³/mol. The van der Waals surface area contributed by atoms with E-state index in [1.54, 1.807) is 25.4 Å². The molecule has 0 amide bonds. The van der Waals surface area contributed by atoms with Crippen LogP contribution in [0.15, 0.2) is 18.3 Å². The summed E-state index contributed by atoms with van der Waals surface area (Å²) in [7, 11) is 1.60. The van der Waals surface area contributed by atoms with E-state index in [1.807, 2.05) is 6.92 Å². The van der Waals surface area contributed by atoms with Crippen LogP contribution in [-0.2, 0) is 12.7 Å². The highest BCUT2D eigenvalue weighted by Crippen LogP contribution is 2.37. The van der Waals surface area contributed by atoms with E-state index in [1.165, 1.54) is 0 Å². The van der Waals surface area contributed by atoms with Gasteiger partial charge >= 0.3 is 6.18 Å². The van der Waals surface area contributed by atoms with E-state index < -0.39 is 11.9 Å². The fourth-order valence-corrected chi connectivity index (χ4v) is 2.68. The van der Waals surface area contributed by atoms with Gasteiger partial charge in [-0.1, -0.05) is 0 Å². The summed E-state index contributed by atoms with van der Waals surface area (Å²) in [4.78, 5) is 7.94. The van der Waals surface area contributed by atoms with Crippen LogP contribution in [0.1, 0.15) is 16.1 Å². The van der Waals surface area contributed by atoms with E-state index in [2.05, 4.69) is 15.3 Å². The first kappa shape index (κ1) is 14.0. The minimum absolute atomic E-state index is 0.137. The van der Waals surface area contributed by atoms with Gasteiger partial charge in [0.1, 0.15) is 5.01 Å². The zero-order valence-corrected chi connectivity index (χ0v) is 11.2. The highest BCUT2D eigenvalue weighted by atomic mass is 32.1. The van der Waals surface area contributed by atoms with Crippen LogP contribution in [0.3, 0.4) is 0 Å². The number of nitrogens with one attached hydrogen (secondary N) is 1. The monoisotopic (exact) mass is 287 g/mol. The molecule has 0 radical (unpaired) electrons. The molecular formula is C12H12F3N3S. The Labute approximate surface area is 112 Å². The second-order valence-electron chi connectivity index (χ2n) is 4.04. The van der Waals surface area contributed by atoms with Crippen molar-refractivity contribution in [2.45, 2.75) is 19.6 Å². The van der Waals surface area contributed by atoms with Gasteiger partial charge in [0, 0.05) is 12.7 Å². The molecule has 19 heavy (non-hydrogen) atoms. The van der Waals surface area contributed by atoms with Crippen molar-refractivity contribution < 1.29 is 13.2 Å². The van der Waals surface area contributed by atoms with E-state index in [0.717, 1.165) is 16.9 Å². The minimum Gasteiger partial charge on any atom is -0.315 e. The average molecular weight is 287 g/mol. The Morgan fingerprint density at radius 2 is 2.11 bits per heavy atom. The summed E-state index contributed by atoms with van der Waals surface area (Å²) in [5.74, 6) is 0. The summed E-state index contributed by atoms with van der Waals surface area (Å²) < 4.78 is 38.6. The van der Waals surface area contributed by atoms with Gasteiger partial charge in [0.05, 0.1) is 10.6 Å². The van der Waals surface area contributed by atoms with Crippen molar-refractivity contribution in [2.75, 3.05) is 7.05 Å². The molecule has 0 aliphatic carbocycles. The molecule has 0 aliphatic heterocycles. The van der Waals surface area contributed by atoms with E-state index in [9.17, 15) is 13.2 Å². The number of pyridine rings is 1. The Morgan fingerprint density at radius 1 is 1.37 bits per heavy atom. The molecule has 0 bridgehead atoms. The number of alkyl halides is 3. The number of nitrogens with zero attached hydrogens (tertiary/aromatic N) is 2. The SMILES string of the molecule is CNCc1sc(-c2cc(C)ccn2)nc1C(F)(F)F. The van der Waals surface area contributed by atoms with Crippen LogP contribution in [-0.4, -0.2) is 17.0 Å². The van der Waals surface area contributed by atoms with Gasteiger partial charge in [0.2, 0.25) is 0 Å².